The molecule has 0 aromatic carbocycles. The summed E-state index contributed by atoms with van der Waals surface area (Å²) in [7, 11) is 0. The van der Waals surface area contributed by atoms with Crippen LogP contribution in [0.25, 0.3) is 0 Å². The Morgan fingerprint density at radius 3 is 2.50 bits per heavy atom. The van der Waals surface area contributed by atoms with Gasteiger partial charge in [-0.1, -0.05) is 12.8 Å². The van der Waals surface area contributed by atoms with E-state index >= 15 is 0 Å². The molecule has 1 fully saturated rings. The normalized spacial score (nSPS) is 15.0. The maximum absolute atomic E-state index is 12.3. The molecule has 122 valence electrons. The van der Waals surface area contributed by atoms with Gasteiger partial charge in [0, 0.05) is 19.0 Å². The van der Waals surface area contributed by atoms with Gasteiger partial charge in [0.1, 0.15) is 5.76 Å². The van der Waals surface area contributed by atoms with Gasteiger partial charge in [-0.2, -0.15) is 0 Å². The maximum atomic E-state index is 12.3. The Hall–Kier alpha value is -1.85. The molecule has 6 heteroatoms. The zero-order chi connectivity index (χ0) is 16.1. The Kier molecular flexibility index (Phi) is 5.57. The van der Waals surface area contributed by atoms with E-state index in [-0.39, 0.29) is 24.3 Å². The lowest BCUT2D eigenvalue weighted by molar-refractivity contribution is -0.125. The molecule has 1 aromatic heterocycles. The highest BCUT2D eigenvalue weighted by atomic mass is 16.4. The lowest BCUT2D eigenvalue weighted by atomic mass is 10.1. The molecule has 0 unspecified atom stereocenters. The number of amides is 2. The van der Waals surface area contributed by atoms with Crippen LogP contribution in [0.4, 0.5) is 0 Å². The van der Waals surface area contributed by atoms with Crippen LogP contribution in [-0.4, -0.2) is 34.8 Å². The van der Waals surface area contributed by atoms with Crippen LogP contribution in [0.1, 0.15) is 61.7 Å². The van der Waals surface area contributed by atoms with Crippen LogP contribution in [0, 0.1) is 12.8 Å². The first-order valence-corrected chi connectivity index (χ1v) is 8.10. The minimum absolute atomic E-state index is 0.0602. The van der Waals surface area contributed by atoms with Gasteiger partial charge in [0.25, 0.3) is 5.91 Å². The molecule has 2 amide bonds. The third kappa shape index (κ3) is 3.67. The highest BCUT2D eigenvalue weighted by Crippen LogP contribution is 2.24. The Bertz CT molecular complexity index is 529. The summed E-state index contributed by atoms with van der Waals surface area (Å²) in [5, 5.41) is 2.86. The number of oxazole rings is 1. The van der Waals surface area contributed by atoms with Gasteiger partial charge in [0.2, 0.25) is 11.8 Å². The standard InChI is InChI=1S/C16H25N3O3/c1-4-19(5-2)16(21)14-11(3)22-13(18-14)10-17-15(20)12-8-6-7-9-12/h12H,4-10H2,1-3H3,(H,17,20). The molecule has 0 bridgehead atoms. The summed E-state index contributed by atoms with van der Waals surface area (Å²) in [4.78, 5) is 30.2. The van der Waals surface area contributed by atoms with Crippen LogP contribution in [0.15, 0.2) is 4.42 Å². The van der Waals surface area contributed by atoms with Crippen LogP contribution in [-0.2, 0) is 11.3 Å². The van der Waals surface area contributed by atoms with Crippen molar-refractivity contribution in [2.45, 2.75) is 53.0 Å². The van der Waals surface area contributed by atoms with Gasteiger partial charge in [-0.3, -0.25) is 9.59 Å². The van der Waals surface area contributed by atoms with Crippen molar-refractivity contribution in [3.8, 4) is 0 Å². The molecule has 1 N–H and O–H groups in total. The van der Waals surface area contributed by atoms with E-state index in [9.17, 15) is 9.59 Å². The molecule has 1 aliphatic rings. The van der Waals surface area contributed by atoms with Crippen LogP contribution >= 0.6 is 0 Å². The van der Waals surface area contributed by atoms with Crippen molar-refractivity contribution in [3.05, 3.63) is 17.3 Å². The summed E-state index contributed by atoms with van der Waals surface area (Å²) in [6.07, 6.45) is 4.17. The van der Waals surface area contributed by atoms with Crippen molar-refractivity contribution in [2.24, 2.45) is 5.92 Å². The Labute approximate surface area is 131 Å². The highest BCUT2D eigenvalue weighted by molar-refractivity contribution is 5.93. The van der Waals surface area contributed by atoms with E-state index in [0.29, 0.717) is 30.4 Å². The highest BCUT2D eigenvalue weighted by Gasteiger charge is 2.24. The number of nitrogens with zero attached hydrogens (tertiary/aromatic N) is 2. The van der Waals surface area contributed by atoms with E-state index in [1.165, 1.54) is 0 Å². The van der Waals surface area contributed by atoms with Gasteiger partial charge < -0.3 is 14.6 Å². The molecular formula is C16H25N3O3. The first-order valence-electron chi connectivity index (χ1n) is 8.10. The number of carbonyl (C=O) groups is 2. The van der Waals surface area contributed by atoms with E-state index in [0.717, 1.165) is 25.7 Å². The van der Waals surface area contributed by atoms with Crippen molar-refractivity contribution < 1.29 is 14.0 Å². The van der Waals surface area contributed by atoms with Crippen LogP contribution in [0.5, 0.6) is 0 Å². The molecule has 22 heavy (non-hydrogen) atoms. The first-order chi connectivity index (χ1) is 10.6. The second-order valence-corrected chi connectivity index (χ2v) is 5.69. The number of aryl methyl sites for hydroxylation is 1. The fourth-order valence-electron chi connectivity index (χ4n) is 2.88. The Balaban J connectivity index is 1.97. The van der Waals surface area contributed by atoms with Gasteiger partial charge >= 0.3 is 0 Å². The lowest BCUT2D eigenvalue weighted by Crippen LogP contribution is -2.31. The van der Waals surface area contributed by atoms with Crippen molar-refractivity contribution in [2.75, 3.05) is 13.1 Å². The summed E-state index contributed by atoms with van der Waals surface area (Å²) in [6.45, 7) is 7.09. The third-order valence-electron chi connectivity index (χ3n) is 4.23. The summed E-state index contributed by atoms with van der Waals surface area (Å²) >= 11 is 0. The molecule has 0 spiro atoms. The predicted molar refractivity (Wildman–Crippen MR) is 82.3 cm³/mol. The van der Waals surface area contributed by atoms with Crippen molar-refractivity contribution in [1.29, 1.82) is 0 Å². The molecule has 0 saturated heterocycles. The second kappa shape index (κ2) is 7.42. The number of nitrogens with one attached hydrogen (secondary N) is 1. The minimum atomic E-state index is -0.125. The quantitative estimate of drug-likeness (QED) is 0.874. The molecule has 1 heterocycles. The second-order valence-electron chi connectivity index (χ2n) is 5.69. The van der Waals surface area contributed by atoms with Gasteiger partial charge in [-0.15, -0.1) is 0 Å². The summed E-state index contributed by atoms with van der Waals surface area (Å²) in [5.41, 5.74) is 0.341. The SMILES string of the molecule is CCN(CC)C(=O)c1nc(CNC(=O)C2CCCC2)oc1C. The van der Waals surface area contributed by atoms with Gasteiger partial charge in [-0.25, -0.2) is 4.98 Å². The fraction of sp³-hybridized carbons (Fsp3) is 0.688. The van der Waals surface area contributed by atoms with Gasteiger partial charge in [-0.05, 0) is 33.6 Å². The topological polar surface area (TPSA) is 75.4 Å². The molecule has 2 rings (SSSR count). The molecule has 6 nitrogen and oxygen atoms in total. The van der Waals surface area contributed by atoms with Crippen LogP contribution < -0.4 is 5.32 Å². The van der Waals surface area contributed by atoms with Crippen molar-refractivity contribution >= 4 is 11.8 Å². The van der Waals surface area contributed by atoms with Crippen molar-refractivity contribution in [1.82, 2.24) is 15.2 Å². The Morgan fingerprint density at radius 1 is 1.27 bits per heavy atom. The molecule has 0 aliphatic heterocycles. The van der Waals surface area contributed by atoms with Gasteiger partial charge in [0.15, 0.2) is 5.69 Å². The number of rotatable bonds is 6. The predicted octanol–water partition coefficient (Wildman–Crippen LogP) is 2.27. The molecule has 0 atom stereocenters. The largest absolute Gasteiger partial charge is 0.443 e. The van der Waals surface area contributed by atoms with E-state index in [4.69, 9.17) is 4.42 Å². The zero-order valence-corrected chi connectivity index (χ0v) is 13.6. The van der Waals surface area contributed by atoms with Crippen LogP contribution in [0.2, 0.25) is 0 Å². The number of carbonyl (C=O) groups excluding carboxylic acids is 2. The summed E-state index contributed by atoms with van der Waals surface area (Å²) in [5.74, 6) is 0.943. The molecular weight excluding hydrogens is 282 g/mol. The molecule has 1 aromatic rings. The average molecular weight is 307 g/mol. The smallest absolute Gasteiger partial charge is 0.276 e. The van der Waals surface area contributed by atoms with Crippen LogP contribution in [0.3, 0.4) is 0 Å². The van der Waals surface area contributed by atoms with E-state index in [1.807, 2.05) is 13.8 Å². The summed E-state index contributed by atoms with van der Waals surface area (Å²) in [6, 6.07) is 0. The molecule has 1 aliphatic carbocycles. The Morgan fingerprint density at radius 2 is 1.91 bits per heavy atom. The molecule has 1 saturated carbocycles. The van der Waals surface area contributed by atoms with Crippen molar-refractivity contribution in [3.63, 3.8) is 0 Å². The first kappa shape index (κ1) is 16.5. The molecule has 0 radical (unpaired) electrons. The number of aromatic nitrogens is 1. The monoisotopic (exact) mass is 307 g/mol. The van der Waals surface area contributed by atoms with E-state index < -0.39 is 0 Å². The fourth-order valence-corrected chi connectivity index (χ4v) is 2.88. The lowest BCUT2D eigenvalue weighted by Gasteiger charge is -2.16. The maximum Gasteiger partial charge on any atom is 0.276 e. The van der Waals surface area contributed by atoms with Gasteiger partial charge in [0.05, 0.1) is 6.54 Å². The van der Waals surface area contributed by atoms with E-state index in [1.54, 1.807) is 11.8 Å². The number of hydrogen-bond acceptors (Lipinski definition) is 4. The van der Waals surface area contributed by atoms with E-state index in [2.05, 4.69) is 10.3 Å². The average Bonchev–Trinajstić information content (AvgIpc) is 3.15. The number of hydrogen-bond donors (Lipinski definition) is 1. The summed E-state index contributed by atoms with van der Waals surface area (Å²) < 4.78 is 5.51. The third-order valence-corrected chi connectivity index (χ3v) is 4.23. The zero-order valence-electron chi connectivity index (χ0n) is 13.6. The minimum Gasteiger partial charge on any atom is -0.443 e.